The molecule has 2 rings (SSSR count). The van der Waals surface area contributed by atoms with Crippen LogP contribution in [0.4, 0.5) is 0 Å². The van der Waals surface area contributed by atoms with Crippen LogP contribution in [0.15, 0.2) is 41.4 Å². The average molecular weight is 160 g/mol. The van der Waals surface area contributed by atoms with Gasteiger partial charge in [-0.3, -0.25) is 4.98 Å². The van der Waals surface area contributed by atoms with Crippen LogP contribution in [0.5, 0.6) is 0 Å². The second kappa shape index (κ2) is 2.47. The SMILES string of the molecule is [S-]c1ccc2ccccc2n1. The maximum absolute atomic E-state index is 4.93. The number of fused-ring (bicyclic) bond motifs is 1. The van der Waals surface area contributed by atoms with Gasteiger partial charge in [0.2, 0.25) is 0 Å². The van der Waals surface area contributed by atoms with Crippen LogP contribution in [-0.4, -0.2) is 4.98 Å². The Kier molecular flexibility index (Phi) is 1.47. The number of hydrogen-bond acceptors (Lipinski definition) is 2. The molecule has 0 fully saturated rings. The topological polar surface area (TPSA) is 12.9 Å². The van der Waals surface area contributed by atoms with Gasteiger partial charge in [0, 0.05) is 5.39 Å². The molecule has 2 heteroatoms. The predicted octanol–water partition coefficient (Wildman–Crippen LogP) is 2.14. The Morgan fingerprint density at radius 1 is 1.00 bits per heavy atom. The molecule has 0 unspecified atom stereocenters. The largest absolute Gasteiger partial charge is 0.760 e. The fourth-order valence-corrected chi connectivity index (χ4v) is 1.21. The van der Waals surface area contributed by atoms with Gasteiger partial charge in [-0.15, -0.1) is 0 Å². The van der Waals surface area contributed by atoms with E-state index in [2.05, 4.69) is 4.98 Å². The lowest BCUT2D eigenvalue weighted by molar-refractivity contribution is 1.20. The molecule has 1 heterocycles. The van der Waals surface area contributed by atoms with E-state index in [1.807, 2.05) is 36.4 Å². The van der Waals surface area contributed by atoms with Crippen molar-refractivity contribution in [2.45, 2.75) is 5.03 Å². The lowest BCUT2D eigenvalue weighted by Crippen LogP contribution is -1.80. The molecule has 0 N–H and O–H groups in total. The van der Waals surface area contributed by atoms with Crippen molar-refractivity contribution in [3.05, 3.63) is 36.4 Å². The van der Waals surface area contributed by atoms with Crippen LogP contribution in [0.1, 0.15) is 0 Å². The Balaban J connectivity index is 2.83. The van der Waals surface area contributed by atoms with E-state index < -0.39 is 0 Å². The van der Waals surface area contributed by atoms with Crippen LogP contribution in [0.25, 0.3) is 10.9 Å². The molecule has 0 spiro atoms. The van der Waals surface area contributed by atoms with Gasteiger partial charge >= 0.3 is 0 Å². The lowest BCUT2D eigenvalue weighted by Gasteiger charge is -2.04. The summed E-state index contributed by atoms with van der Waals surface area (Å²) in [4.78, 5) is 4.19. The van der Waals surface area contributed by atoms with E-state index in [-0.39, 0.29) is 0 Å². The first-order valence-corrected chi connectivity index (χ1v) is 3.80. The van der Waals surface area contributed by atoms with E-state index in [0.29, 0.717) is 5.03 Å². The quantitative estimate of drug-likeness (QED) is 0.548. The summed E-state index contributed by atoms with van der Waals surface area (Å²) in [7, 11) is 0. The zero-order valence-corrected chi connectivity index (χ0v) is 6.64. The third-order valence-electron chi connectivity index (χ3n) is 1.57. The minimum atomic E-state index is 0.656. The number of aromatic nitrogens is 1. The molecule has 0 saturated carbocycles. The summed E-state index contributed by atoms with van der Waals surface area (Å²) < 4.78 is 0. The van der Waals surface area contributed by atoms with Crippen molar-refractivity contribution >= 4 is 23.5 Å². The first kappa shape index (κ1) is 6.55. The highest BCUT2D eigenvalue weighted by atomic mass is 32.1. The fourth-order valence-electron chi connectivity index (χ4n) is 1.05. The van der Waals surface area contributed by atoms with E-state index >= 15 is 0 Å². The Hall–Kier alpha value is -1.15. The molecule has 0 aliphatic rings. The molecule has 11 heavy (non-hydrogen) atoms. The van der Waals surface area contributed by atoms with Gasteiger partial charge in [0.05, 0.1) is 5.52 Å². The fraction of sp³-hybridized carbons (Fsp3) is 0. The van der Waals surface area contributed by atoms with Crippen LogP contribution < -0.4 is 0 Å². The standard InChI is InChI=1S/C9H7NS/c11-9-6-5-7-3-1-2-4-8(7)10-9/h1-6H,(H,10,11)/p-1. The number of para-hydroxylation sites is 1. The van der Waals surface area contributed by atoms with Crippen LogP contribution in [0.2, 0.25) is 0 Å². The van der Waals surface area contributed by atoms with Crippen molar-refractivity contribution in [3.63, 3.8) is 0 Å². The van der Waals surface area contributed by atoms with Gasteiger partial charge in [0.15, 0.2) is 0 Å². The van der Waals surface area contributed by atoms with Gasteiger partial charge in [-0.2, -0.15) is 0 Å². The van der Waals surface area contributed by atoms with Crippen molar-refractivity contribution < 1.29 is 0 Å². The molecular weight excluding hydrogens is 154 g/mol. The maximum Gasteiger partial charge on any atom is 0.0683 e. The summed E-state index contributed by atoms with van der Waals surface area (Å²) in [5, 5.41) is 1.80. The summed E-state index contributed by atoms with van der Waals surface area (Å²) in [6, 6.07) is 11.8. The van der Waals surface area contributed by atoms with Crippen molar-refractivity contribution in [2.75, 3.05) is 0 Å². The van der Waals surface area contributed by atoms with E-state index in [1.165, 1.54) is 0 Å². The Bertz CT molecular complexity index is 384. The molecule has 0 atom stereocenters. The summed E-state index contributed by atoms with van der Waals surface area (Å²) in [6.45, 7) is 0. The van der Waals surface area contributed by atoms with Gasteiger partial charge in [0.25, 0.3) is 0 Å². The molecule has 1 aromatic heterocycles. The van der Waals surface area contributed by atoms with E-state index in [4.69, 9.17) is 12.6 Å². The number of nitrogens with zero attached hydrogens (tertiary/aromatic N) is 1. The van der Waals surface area contributed by atoms with Crippen LogP contribution >= 0.6 is 0 Å². The van der Waals surface area contributed by atoms with Crippen molar-refractivity contribution in [1.82, 2.24) is 4.98 Å². The highest BCUT2D eigenvalue weighted by Gasteiger charge is 1.87. The summed E-state index contributed by atoms with van der Waals surface area (Å²) in [5.74, 6) is 0. The van der Waals surface area contributed by atoms with Crippen LogP contribution in [-0.2, 0) is 12.6 Å². The Morgan fingerprint density at radius 2 is 1.82 bits per heavy atom. The highest BCUT2D eigenvalue weighted by Crippen LogP contribution is 2.10. The van der Waals surface area contributed by atoms with Crippen LogP contribution in [0.3, 0.4) is 0 Å². The molecule has 0 aliphatic carbocycles. The van der Waals surface area contributed by atoms with E-state index in [1.54, 1.807) is 0 Å². The van der Waals surface area contributed by atoms with Gasteiger partial charge in [-0.05, 0) is 6.07 Å². The molecule has 0 radical (unpaired) electrons. The molecule has 1 aromatic carbocycles. The van der Waals surface area contributed by atoms with E-state index in [0.717, 1.165) is 10.9 Å². The highest BCUT2D eigenvalue weighted by molar-refractivity contribution is 7.58. The van der Waals surface area contributed by atoms with Gasteiger partial charge in [-0.1, -0.05) is 35.4 Å². The number of pyridine rings is 1. The summed E-state index contributed by atoms with van der Waals surface area (Å²) in [5.41, 5.74) is 0.972. The minimum absolute atomic E-state index is 0.656. The van der Waals surface area contributed by atoms with Crippen LogP contribution in [0, 0.1) is 0 Å². The maximum atomic E-state index is 4.93. The molecule has 0 aliphatic heterocycles. The van der Waals surface area contributed by atoms with Crippen molar-refractivity contribution in [2.24, 2.45) is 0 Å². The molecular formula is C9H6NS-. The second-order valence-corrected chi connectivity index (χ2v) is 2.76. The predicted molar refractivity (Wildman–Crippen MR) is 47.4 cm³/mol. The van der Waals surface area contributed by atoms with Crippen molar-refractivity contribution in [3.8, 4) is 0 Å². The first-order chi connectivity index (χ1) is 5.36. The number of rotatable bonds is 0. The monoisotopic (exact) mass is 160 g/mol. The van der Waals surface area contributed by atoms with Gasteiger partial charge in [-0.25, -0.2) is 0 Å². The third kappa shape index (κ3) is 1.17. The Labute approximate surface area is 70.5 Å². The summed E-state index contributed by atoms with van der Waals surface area (Å²) in [6.07, 6.45) is 0. The molecule has 54 valence electrons. The minimum Gasteiger partial charge on any atom is -0.760 e. The summed E-state index contributed by atoms with van der Waals surface area (Å²) >= 11 is 4.93. The molecule has 0 bridgehead atoms. The smallest absolute Gasteiger partial charge is 0.0683 e. The molecule has 1 nitrogen and oxygen atoms in total. The van der Waals surface area contributed by atoms with Gasteiger partial charge in [0.1, 0.15) is 0 Å². The first-order valence-electron chi connectivity index (χ1n) is 3.39. The van der Waals surface area contributed by atoms with Crippen molar-refractivity contribution in [1.29, 1.82) is 0 Å². The lowest BCUT2D eigenvalue weighted by atomic mass is 10.2. The zero-order chi connectivity index (χ0) is 7.68. The zero-order valence-electron chi connectivity index (χ0n) is 5.82. The molecule has 0 saturated heterocycles. The van der Waals surface area contributed by atoms with Gasteiger partial charge < -0.3 is 12.6 Å². The Morgan fingerprint density at radius 3 is 2.73 bits per heavy atom. The number of benzene rings is 1. The molecule has 0 amide bonds. The second-order valence-electron chi connectivity index (χ2n) is 2.34. The van der Waals surface area contributed by atoms with E-state index in [9.17, 15) is 0 Å². The normalized spacial score (nSPS) is 10.2. The third-order valence-corrected chi connectivity index (χ3v) is 1.80. The molecule has 2 aromatic rings. The average Bonchev–Trinajstić information content (AvgIpc) is 2.04. The number of hydrogen-bond donors (Lipinski definition) is 0.